The minimum Gasteiger partial charge on any atom is -0.396 e. The van der Waals surface area contributed by atoms with Gasteiger partial charge in [-0.25, -0.2) is 4.39 Å². The third-order valence-electron chi connectivity index (χ3n) is 3.29. The molecule has 106 valence electrons. The van der Waals surface area contributed by atoms with Gasteiger partial charge in [-0.1, -0.05) is 31.2 Å². The van der Waals surface area contributed by atoms with Crippen molar-refractivity contribution in [1.82, 2.24) is 0 Å². The Kier molecular flexibility index (Phi) is 4.58. The minimum atomic E-state index is -0.734. The fourth-order valence-electron chi connectivity index (χ4n) is 2.10. The van der Waals surface area contributed by atoms with Crippen molar-refractivity contribution in [3.63, 3.8) is 0 Å². The Morgan fingerprint density at radius 3 is 2.70 bits per heavy atom. The number of halogens is 1. The van der Waals surface area contributed by atoms with Crippen molar-refractivity contribution in [3.8, 4) is 0 Å². The summed E-state index contributed by atoms with van der Waals surface area (Å²) in [6, 6.07) is 12.2. The number of hydrogen-bond donors (Lipinski definition) is 3. The number of nitrogen functional groups attached to an aromatic ring is 1. The van der Waals surface area contributed by atoms with Crippen molar-refractivity contribution in [2.45, 2.75) is 19.4 Å². The zero-order valence-corrected chi connectivity index (χ0v) is 11.4. The molecule has 20 heavy (non-hydrogen) atoms. The quantitative estimate of drug-likeness (QED) is 0.734. The van der Waals surface area contributed by atoms with Crippen molar-refractivity contribution in [1.29, 1.82) is 0 Å². The predicted octanol–water partition coefficient (Wildman–Crippen LogP) is 3.12. The molecule has 0 spiro atoms. The van der Waals surface area contributed by atoms with Crippen LogP contribution in [-0.4, -0.2) is 11.7 Å². The van der Waals surface area contributed by atoms with Crippen molar-refractivity contribution < 1.29 is 9.50 Å². The van der Waals surface area contributed by atoms with E-state index in [1.165, 1.54) is 17.7 Å². The number of rotatable bonds is 5. The lowest BCUT2D eigenvalue weighted by molar-refractivity contribution is 0.191. The number of hydrogen-bond acceptors (Lipinski definition) is 3. The van der Waals surface area contributed by atoms with E-state index < -0.39 is 11.9 Å². The molecule has 4 heteroatoms. The molecule has 0 radical (unpaired) electrons. The summed E-state index contributed by atoms with van der Waals surface area (Å²) in [4.78, 5) is 0. The standard InChI is InChI=1S/C16H19FN2O/c1-2-11-5-3-4-6-15(11)19-10-16(20)12-7-8-13(17)14(18)9-12/h3-9,16,19-20H,2,10,18H2,1H3. The molecule has 2 aromatic rings. The zero-order chi connectivity index (χ0) is 14.5. The Balaban J connectivity index is 2.04. The largest absolute Gasteiger partial charge is 0.396 e. The highest BCUT2D eigenvalue weighted by Crippen LogP contribution is 2.21. The summed E-state index contributed by atoms with van der Waals surface area (Å²) >= 11 is 0. The molecule has 0 amide bonds. The van der Waals surface area contributed by atoms with Crippen LogP contribution in [0.15, 0.2) is 42.5 Å². The smallest absolute Gasteiger partial charge is 0.146 e. The second-order valence-electron chi connectivity index (χ2n) is 4.69. The Morgan fingerprint density at radius 1 is 1.25 bits per heavy atom. The Hall–Kier alpha value is -2.07. The summed E-state index contributed by atoms with van der Waals surface area (Å²) in [5.41, 5.74) is 8.36. The number of nitrogens with two attached hydrogens (primary N) is 1. The number of benzene rings is 2. The lowest BCUT2D eigenvalue weighted by Crippen LogP contribution is -2.13. The average molecular weight is 274 g/mol. The van der Waals surface area contributed by atoms with Crippen LogP contribution in [0.2, 0.25) is 0 Å². The van der Waals surface area contributed by atoms with Gasteiger partial charge in [-0.15, -0.1) is 0 Å². The fourth-order valence-corrected chi connectivity index (χ4v) is 2.10. The molecule has 2 aromatic carbocycles. The molecule has 0 fully saturated rings. The maximum Gasteiger partial charge on any atom is 0.146 e. The third kappa shape index (κ3) is 3.27. The molecule has 0 saturated carbocycles. The predicted molar refractivity (Wildman–Crippen MR) is 80.1 cm³/mol. The molecule has 1 unspecified atom stereocenters. The molecule has 0 aliphatic carbocycles. The fraction of sp³-hybridized carbons (Fsp3) is 0.250. The van der Waals surface area contributed by atoms with Gasteiger partial charge >= 0.3 is 0 Å². The number of aryl methyl sites for hydroxylation is 1. The number of aliphatic hydroxyl groups is 1. The average Bonchev–Trinajstić information content (AvgIpc) is 2.47. The van der Waals surface area contributed by atoms with E-state index in [1.54, 1.807) is 6.07 Å². The van der Waals surface area contributed by atoms with Gasteiger partial charge < -0.3 is 16.2 Å². The van der Waals surface area contributed by atoms with Crippen molar-refractivity contribution in [3.05, 3.63) is 59.4 Å². The third-order valence-corrected chi connectivity index (χ3v) is 3.29. The van der Waals surface area contributed by atoms with E-state index in [1.807, 2.05) is 24.3 Å². The van der Waals surface area contributed by atoms with Crippen molar-refractivity contribution >= 4 is 11.4 Å². The number of nitrogens with one attached hydrogen (secondary N) is 1. The summed E-state index contributed by atoms with van der Waals surface area (Å²) in [7, 11) is 0. The van der Waals surface area contributed by atoms with Gasteiger partial charge in [-0.2, -0.15) is 0 Å². The second kappa shape index (κ2) is 6.39. The molecule has 0 aromatic heterocycles. The highest BCUT2D eigenvalue weighted by atomic mass is 19.1. The first-order chi connectivity index (χ1) is 9.61. The van der Waals surface area contributed by atoms with Gasteiger partial charge in [-0.05, 0) is 35.7 Å². The van der Waals surface area contributed by atoms with Crippen LogP contribution in [-0.2, 0) is 6.42 Å². The molecule has 2 rings (SSSR count). The van der Waals surface area contributed by atoms with Crippen molar-refractivity contribution in [2.24, 2.45) is 0 Å². The molecule has 4 N–H and O–H groups in total. The number of anilines is 2. The van der Waals surface area contributed by atoms with Crippen LogP contribution in [0.3, 0.4) is 0 Å². The first-order valence-corrected chi connectivity index (χ1v) is 6.66. The van der Waals surface area contributed by atoms with Crippen LogP contribution in [0.4, 0.5) is 15.8 Å². The van der Waals surface area contributed by atoms with E-state index in [4.69, 9.17) is 5.73 Å². The van der Waals surface area contributed by atoms with Gasteiger partial charge in [0.05, 0.1) is 11.8 Å². The maximum absolute atomic E-state index is 13.1. The highest BCUT2D eigenvalue weighted by Gasteiger charge is 2.10. The first-order valence-electron chi connectivity index (χ1n) is 6.66. The molecule has 0 bridgehead atoms. The van der Waals surface area contributed by atoms with Gasteiger partial charge in [0, 0.05) is 12.2 Å². The van der Waals surface area contributed by atoms with Gasteiger partial charge in [0.2, 0.25) is 0 Å². The molecule has 1 atom stereocenters. The van der Waals surface area contributed by atoms with E-state index in [-0.39, 0.29) is 5.69 Å². The van der Waals surface area contributed by atoms with E-state index in [2.05, 4.69) is 12.2 Å². The SMILES string of the molecule is CCc1ccccc1NCC(O)c1ccc(F)c(N)c1. The Bertz CT molecular complexity index is 586. The molecule has 0 aliphatic heterocycles. The molecule has 0 heterocycles. The molecular formula is C16H19FN2O. The molecule has 3 nitrogen and oxygen atoms in total. The number of para-hydroxylation sites is 1. The van der Waals surface area contributed by atoms with Gasteiger partial charge in [-0.3, -0.25) is 0 Å². The van der Waals surface area contributed by atoms with Crippen LogP contribution in [0.1, 0.15) is 24.2 Å². The topological polar surface area (TPSA) is 58.3 Å². The van der Waals surface area contributed by atoms with E-state index >= 15 is 0 Å². The van der Waals surface area contributed by atoms with E-state index in [0.717, 1.165) is 12.1 Å². The van der Waals surface area contributed by atoms with Crippen LogP contribution < -0.4 is 11.1 Å². The summed E-state index contributed by atoms with van der Waals surface area (Å²) in [5, 5.41) is 13.3. The van der Waals surface area contributed by atoms with Gasteiger partial charge in [0.1, 0.15) is 5.82 Å². The van der Waals surface area contributed by atoms with Crippen LogP contribution in [0, 0.1) is 5.82 Å². The van der Waals surface area contributed by atoms with E-state index in [9.17, 15) is 9.50 Å². The van der Waals surface area contributed by atoms with Gasteiger partial charge in [0.25, 0.3) is 0 Å². The van der Waals surface area contributed by atoms with Crippen molar-refractivity contribution in [2.75, 3.05) is 17.6 Å². The Labute approximate surface area is 118 Å². The normalized spacial score (nSPS) is 12.2. The maximum atomic E-state index is 13.1. The summed E-state index contributed by atoms with van der Waals surface area (Å²) in [6.07, 6.45) is 0.186. The first kappa shape index (κ1) is 14.3. The summed E-state index contributed by atoms with van der Waals surface area (Å²) in [6.45, 7) is 2.43. The van der Waals surface area contributed by atoms with E-state index in [0.29, 0.717) is 12.1 Å². The lowest BCUT2D eigenvalue weighted by Gasteiger charge is -2.16. The monoisotopic (exact) mass is 274 g/mol. The van der Waals surface area contributed by atoms with Gasteiger partial charge in [0.15, 0.2) is 0 Å². The van der Waals surface area contributed by atoms with Crippen LogP contribution in [0.5, 0.6) is 0 Å². The Morgan fingerprint density at radius 2 is 2.00 bits per heavy atom. The van der Waals surface area contributed by atoms with Crippen LogP contribution >= 0.6 is 0 Å². The highest BCUT2D eigenvalue weighted by molar-refractivity contribution is 5.51. The zero-order valence-electron chi connectivity index (χ0n) is 11.4. The second-order valence-corrected chi connectivity index (χ2v) is 4.69. The summed E-state index contributed by atoms with van der Waals surface area (Å²) < 4.78 is 13.1. The molecule has 0 saturated heterocycles. The minimum absolute atomic E-state index is 0.0514. The number of aliphatic hydroxyl groups excluding tert-OH is 1. The lowest BCUT2D eigenvalue weighted by atomic mass is 10.1. The summed E-state index contributed by atoms with van der Waals surface area (Å²) in [5.74, 6) is -0.467. The molecular weight excluding hydrogens is 255 g/mol. The van der Waals surface area contributed by atoms with Crippen LogP contribution in [0.25, 0.3) is 0 Å². The molecule has 0 aliphatic rings.